The number of halogens is 1. The quantitative estimate of drug-likeness (QED) is 0.945. The summed E-state index contributed by atoms with van der Waals surface area (Å²) in [5.41, 5.74) is 3.19. The third-order valence-electron chi connectivity index (χ3n) is 3.98. The van der Waals surface area contributed by atoms with Gasteiger partial charge in [-0.3, -0.25) is 9.48 Å². The normalized spacial score (nSPS) is 14.0. The lowest BCUT2D eigenvalue weighted by molar-refractivity contribution is 0.0984. The molecule has 23 heavy (non-hydrogen) atoms. The van der Waals surface area contributed by atoms with E-state index in [0.29, 0.717) is 30.2 Å². The van der Waals surface area contributed by atoms with Crippen LogP contribution in [0, 0.1) is 12.7 Å². The zero-order chi connectivity index (χ0) is 16.6. The topological polar surface area (TPSA) is 56.2 Å². The van der Waals surface area contributed by atoms with Crippen molar-refractivity contribution in [1.29, 1.82) is 0 Å². The third kappa shape index (κ3) is 2.99. The van der Waals surface area contributed by atoms with E-state index in [2.05, 4.69) is 10.4 Å². The monoisotopic (exact) mass is 317 g/mol. The molecule has 1 aliphatic heterocycles. The molecule has 1 N–H and O–H groups in total. The Labute approximate surface area is 134 Å². The van der Waals surface area contributed by atoms with Crippen LogP contribution in [0.5, 0.6) is 0 Å². The molecule has 0 saturated heterocycles. The van der Waals surface area contributed by atoms with E-state index in [0.717, 1.165) is 17.7 Å². The molecule has 0 spiro atoms. The highest BCUT2D eigenvalue weighted by molar-refractivity contribution is 6.04. The number of nitrogens with zero attached hydrogens (tertiary/aromatic N) is 2. The summed E-state index contributed by atoms with van der Waals surface area (Å²) in [6.45, 7) is 6.75. The lowest BCUT2D eigenvalue weighted by atomic mass is 10.1. The molecule has 0 atom stereocenters. The number of fused-ring (bicyclic) bond motifs is 1. The molecule has 0 fully saturated rings. The Hall–Kier alpha value is -2.21. The van der Waals surface area contributed by atoms with Crippen LogP contribution in [0.2, 0.25) is 0 Å². The Bertz CT molecular complexity index is 753. The van der Waals surface area contributed by atoms with Crippen LogP contribution in [0.4, 0.5) is 10.1 Å². The van der Waals surface area contributed by atoms with Crippen molar-refractivity contribution in [1.82, 2.24) is 9.78 Å². The van der Waals surface area contributed by atoms with E-state index in [-0.39, 0.29) is 17.8 Å². The number of rotatable bonds is 3. The van der Waals surface area contributed by atoms with Gasteiger partial charge in [-0.1, -0.05) is 6.07 Å². The second kappa shape index (κ2) is 6.12. The lowest BCUT2D eigenvalue weighted by Gasteiger charge is -2.16. The van der Waals surface area contributed by atoms with Crippen LogP contribution in [-0.4, -0.2) is 22.3 Å². The second-order valence-corrected chi connectivity index (χ2v) is 6.03. The summed E-state index contributed by atoms with van der Waals surface area (Å²) in [5.74, 6) is -0.685. The van der Waals surface area contributed by atoms with Gasteiger partial charge in [-0.05, 0) is 38.5 Å². The first-order valence-corrected chi connectivity index (χ1v) is 7.73. The summed E-state index contributed by atoms with van der Waals surface area (Å²) in [6.07, 6.45) is 0.743. The fourth-order valence-electron chi connectivity index (χ4n) is 2.73. The zero-order valence-corrected chi connectivity index (χ0v) is 13.5. The van der Waals surface area contributed by atoms with Crippen molar-refractivity contribution < 1.29 is 13.9 Å². The summed E-state index contributed by atoms with van der Waals surface area (Å²) in [4.78, 5) is 12.6. The van der Waals surface area contributed by atoms with Crippen LogP contribution < -0.4 is 5.32 Å². The summed E-state index contributed by atoms with van der Waals surface area (Å²) >= 11 is 0. The van der Waals surface area contributed by atoms with Gasteiger partial charge in [-0.25, -0.2) is 4.39 Å². The number of ether oxygens (including phenoxy) is 1. The molecule has 1 aromatic heterocycles. The molecule has 1 amide bonds. The predicted molar refractivity (Wildman–Crippen MR) is 85.1 cm³/mol. The van der Waals surface area contributed by atoms with Crippen molar-refractivity contribution in [3.05, 3.63) is 46.5 Å². The van der Waals surface area contributed by atoms with Crippen LogP contribution in [0.15, 0.2) is 18.2 Å². The highest BCUT2D eigenvalue weighted by Crippen LogP contribution is 2.24. The third-order valence-corrected chi connectivity index (χ3v) is 3.98. The number of aromatic nitrogens is 2. The molecule has 1 aromatic carbocycles. The molecule has 2 heterocycles. The molecule has 0 bridgehead atoms. The van der Waals surface area contributed by atoms with Gasteiger partial charge >= 0.3 is 0 Å². The van der Waals surface area contributed by atoms with Crippen molar-refractivity contribution in [3.63, 3.8) is 0 Å². The van der Waals surface area contributed by atoms with E-state index in [4.69, 9.17) is 4.74 Å². The highest BCUT2D eigenvalue weighted by atomic mass is 19.1. The zero-order valence-electron chi connectivity index (χ0n) is 13.5. The fraction of sp³-hybridized carbons (Fsp3) is 0.412. The Balaban J connectivity index is 1.91. The van der Waals surface area contributed by atoms with Gasteiger partial charge in [0.2, 0.25) is 0 Å². The van der Waals surface area contributed by atoms with E-state index in [1.807, 2.05) is 18.5 Å². The molecule has 0 saturated carbocycles. The van der Waals surface area contributed by atoms with Gasteiger partial charge in [0.1, 0.15) is 5.82 Å². The Morgan fingerprint density at radius 1 is 1.43 bits per heavy atom. The van der Waals surface area contributed by atoms with Crippen LogP contribution in [0.25, 0.3) is 0 Å². The Kier molecular flexibility index (Phi) is 4.17. The van der Waals surface area contributed by atoms with Crippen LogP contribution in [0.3, 0.4) is 0 Å². The minimum Gasteiger partial charge on any atom is -0.376 e. The first-order chi connectivity index (χ1) is 11.0. The molecule has 6 heteroatoms. The maximum Gasteiger partial charge on any atom is 0.276 e. The number of carbonyl (C=O) groups is 1. The molecule has 1 aliphatic rings. The van der Waals surface area contributed by atoms with Crippen LogP contribution >= 0.6 is 0 Å². The second-order valence-electron chi connectivity index (χ2n) is 6.03. The van der Waals surface area contributed by atoms with Gasteiger partial charge in [0.25, 0.3) is 5.91 Å². The highest BCUT2D eigenvalue weighted by Gasteiger charge is 2.26. The molecule has 122 valence electrons. The number of hydrogen-bond acceptors (Lipinski definition) is 3. The number of anilines is 1. The molecule has 0 radical (unpaired) electrons. The van der Waals surface area contributed by atoms with E-state index in [1.54, 1.807) is 19.1 Å². The first kappa shape index (κ1) is 15.7. The number of benzene rings is 1. The average molecular weight is 317 g/mol. The number of aryl methyl sites for hydroxylation is 1. The summed E-state index contributed by atoms with van der Waals surface area (Å²) in [6, 6.07) is 4.80. The summed E-state index contributed by atoms with van der Waals surface area (Å²) in [7, 11) is 0. The van der Waals surface area contributed by atoms with Gasteiger partial charge in [0.05, 0.1) is 13.2 Å². The van der Waals surface area contributed by atoms with E-state index < -0.39 is 0 Å². The van der Waals surface area contributed by atoms with Gasteiger partial charge in [-0.2, -0.15) is 5.10 Å². The number of amides is 1. The minimum absolute atomic E-state index is 0.167. The fourth-order valence-corrected chi connectivity index (χ4v) is 2.73. The molecule has 0 unspecified atom stereocenters. The molecular weight excluding hydrogens is 297 g/mol. The number of hydrogen-bond donors (Lipinski definition) is 1. The molecule has 0 aliphatic carbocycles. The van der Waals surface area contributed by atoms with Crippen molar-refractivity contribution in [2.24, 2.45) is 0 Å². The average Bonchev–Trinajstić information content (AvgIpc) is 2.91. The van der Waals surface area contributed by atoms with E-state index in [1.165, 1.54) is 6.07 Å². The maximum absolute atomic E-state index is 13.6. The number of nitrogens with one attached hydrogen (secondary N) is 1. The largest absolute Gasteiger partial charge is 0.376 e. The SMILES string of the molecule is Cc1ccc(NC(=O)c2nn(C(C)C)c3c2COCC3)cc1F. The Morgan fingerprint density at radius 3 is 2.91 bits per heavy atom. The first-order valence-electron chi connectivity index (χ1n) is 7.73. The van der Waals surface area contributed by atoms with Crippen molar-refractivity contribution >= 4 is 11.6 Å². The molecule has 2 aromatic rings. The molecular formula is C17H20FN3O2. The van der Waals surface area contributed by atoms with Gasteiger partial charge in [0, 0.05) is 29.4 Å². The smallest absolute Gasteiger partial charge is 0.276 e. The number of carbonyl (C=O) groups excluding carboxylic acids is 1. The van der Waals surface area contributed by atoms with E-state index >= 15 is 0 Å². The van der Waals surface area contributed by atoms with Crippen LogP contribution in [-0.2, 0) is 17.8 Å². The van der Waals surface area contributed by atoms with Crippen molar-refractivity contribution in [2.75, 3.05) is 11.9 Å². The van der Waals surface area contributed by atoms with Gasteiger partial charge < -0.3 is 10.1 Å². The predicted octanol–water partition coefficient (Wildman–Crippen LogP) is 3.24. The molecule has 3 rings (SSSR count). The van der Waals surface area contributed by atoms with E-state index in [9.17, 15) is 9.18 Å². The lowest BCUT2D eigenvalue weighted by Crippen LogP contribution is -2.17. The standard InChI is InChI=1S/C17H20FN3O2/c1-10(2)21-15-6-7-23-9-13(15)16(20-21)17(22)19-12-5-4-11(3)14(18)8-12/h4-5,8,10H,6-7,9H2,1-3H3,(H,19,22). The van der Waals surface area contributed by atoms with Crippen molar-refractivity contribution in [3.8, 4) is 0 Å². The van der Waals surface area contributed by atoms with Crippen LogP contribution in [0.1, 0.15) is 47.2 Å². The minimum atomic E-state index is -0.346. The van der Waals surface area contributed by atoms with Gasteiger partial charge in [-0.15, -0.1) is 0 Å². The molecule has 5 nitrogen and oxygen atoms in total. The Morgan fingerprint density at radius 2 is 2.22 bits per heavy atom. The maximum atomic E-state index is 13.6. The summed E-state index contributed by atoms with van der Waals surface area (Å²) in [5, 5.41) is 7.18. The summed E-state index contributed by atoms with van der Waals surface area (Å²) < 4.78 is 21.0. The van der Waals surface area contributed by atoms with Crippen molar-refractivity contribution in [2.45, 2.75) is 39.8 Å². The van der Waals surface area contributed by atoms with Gasteiger partial charge in [0.15, 0.2) is 5.69 Å².